The topological polar surface area (TPSA) is 79.4 Å². The van der Waals surface area contributed by atoms with Crippen LogP contribution in [0.2, 0.25) is 0 Å². The monoisotopic (exact) mass is 326 g/mol. The Morgan fingerprint density at radius 2 is 1.80 bits per heavy atom. The summed E-state index contributed by atoms with van der Waals surface area (Å²) < 4.78 is 0. The summed E-state index contributed by atoms with van der Waals surface area (Å²) in [5.41, 5.74) is 2.55. The van der Waals surface area contributed by atoms with E-state index in [9.17, 15) is 0 Å². The second kappa shape index (κ2) is 6.06. The molecule has 6 heteroatoms. The summed E-state index contributed by atoms with van der Waals surface area (Å²) >= 11 is 0. The predicted molar refractivity (Wildman–Crippen MR) is 97.3 cm³/mol. The van der Waals surface area contributed by atoms with Gasteiger partial charge in [-0.15, -0.1) is 6.42 Å². The molecule has 0 aliphatic heterocycles. The summed E-state index contributed by atoms with van der Waals surface area (Å²) in [6, 6.07) is 15.4. The van der Waals surface area contributed by atoms with Crippen molar-refractivity contribution < 1.29 is 0 Å². The highest BCUT2D eigenvalue weighted by Crippen LogP contribution is 2.26. The zero-order valence-corrected chi connectivity index (χ0v) is 13.5. The van der Waals surface area contributed by atoms with Crippen molar-refractivity contribution in [1.82, 2.24) is 25.1 Å². The molecule has 2 N–H and O–H groups in total. The van der Waals surface area contributed by atoms with E-state index in [-0.39, 0.29) is 0 Å². The number of hydrogen-bond acceptors (Lipinski definition) is 5. The number of para-hydroxylation sites is 1. The quantitative estimate of drug-likeness (QED) is 0.564. The average molecular weight is 326 g/mol. The second-order valence-electron chi connectivity index (χ2n) is 5.49. The van der Waals surface area contributed by atoms with E-state index in [2.05, 4.69) is 36.4 Å². The van der Waals surface area contributed by atoms with Gasteiger partial charge in [-0.3, -0.25) is 0 Å². The van der Waals surface area contributed by atoms with Gasteiger partial charge in [0.1, 0.15) is 11.6 Å². The largest absolute Gasteiger partial charge is 0.309 e. The Balaban J connectivity index is 1.84. The van der Waals surface area contributed by atoms with Crippen LogP contribution < -0.4 is 5.32 Å². The molecule has 0 fully saturated rings. The van der Waals surface area contributed by atoms with Gasteiger partial charge in [-0.05, 0) is 43.3 Å². The maximum atomic E-state index is 5.42. The average Bonchev–Trinajstić information content (AvgIpc) is 3.06. The molecule has 0 aliphatic rings. The SMILES string of the molecule is C#Cc1ccc(-c2nc(Nc3nc(C)n[nH]3)c3ccccc3n2)cc1. The molecular formula is C19H14N6. The van der Waals surface area contributed by atoms with Crippen LogP contribution in [0.4, 0.5) is 11.8 Å². The van der Waals surface area contributed by atoms with E-state index in [0.29, 0.717) is 23.4 Å². The molecule has 0 saturated heterocycles. The van der Waals surface area contributed by atoms with Crippen LogP contribution in [-0.4, -0.2) is 25.1 Å². The van der Waals surface area contributed by atoms with Gasteiger partial charge in [0, 0.05) is 16.5 Å². The van der Waals surface area contributed by atoms with Crippen molar-refractivity contribution in [2.24, 2.45) is 0 Å². The highest BCUT2D eigenvalue weighted by Gasteiger charge is 2.11. The molecule has 0 atom stereocenters. The number of aryl methyl sites for hydroxylation is 1. The van der Waals surface area contributed by atoms with Crippen molar-refractivity contribution in [3.63, 3.8) is 0 Å². The van der Waals surface area contributed by atoms with Crippen molar-refractivity contribution in [2.45, 2.75) is 6.92 Å². The Morgan fingerprint density at radius 1 is 1.00 bits per heavy atom. The Labute approximate surface area is 144 Å². The van der Waals surface area contributed by atoms with Crippen LogP contribution >= 0.6 is 0 Å². The zero-order valence-electron chi connectivity index (χ0n) is 13.5. The van der Waals surface area contributed by atoms with E-state index < -0.39 is 0 Å². The fourth-order valence-corrected chi connectivity index (χ4v) is 2.53. The fourth-order valence-electron chi connectivity index (χ4n) is 2.53. The van der Waals surface area contributed by atoms with E-state index in [1.807, 2.05) is 55.5 Å². The number of aromatic amines is 1. The maximum absolute atomic E-state index is 5.42. The molecule has 120 valence electrons. The number of aromatic nitrogens is 5. The first-order valence-corrected chi connectivity index (χ1v) is 7.73. The number of terminal acetylenes is 1. The Kier molecular flexibility index (Phi) is 3.60. The van der Waals surface area contributed by atoms with Gasteiger partial charge in [-0.25, -0.2) is 15.1 Å². The molecule has 0 radical (unpaired) electrons. The lowest BCUT2D eigenvalue weighted by molar-refractivity contribution is 1.04. The molecule has 6 nitrogen and oxygen atoms in total. The number of fused-ring (bicyclic) bond motifs is 1. The summed E-state index contributed by atoms with van der Waals surface area (Å²) in [7, 11) is 0. The third kappa shape index (κ3) is 2.91. The first kappa shape index (κ1) is 14.8. The Hall–Kier alpha value is -3.72. The first-order valence-electron chi connectivity index (χ1n) is 7.73. The molecule has 0 bridgehead atoms. The standard InChI is InChI=1S/C19H14N6/c1-3-13-8-10-14(11-9-13)17-21-16-7-5-4-6-15(16)18(22-17)23-19-20-12(2)24-25-19/h1,4-11H,2H3,(H2,20,21,22,23,24,25). The number of nitrogens with one attached hydrogen (secondary N) is 2. The van der Waals surface area contributed by atoms with Gasteiger partial charge in [-0.2, -0.15) is 10.1 Å². The third-order valence-electron chi connectivity index (χ3n) is 3.75. The molecule has 4 aromatic rings. The van der Waals surface area contributed by atoms with Gasteiger partial charge >= 0.3 is 0 Å². The van der Waals surface area contributed by atoms with Crippen LogP contribution in [0.15, 0.2) is 48.5 Å². The molecule has 2 heterocycles. The lowest BCUT2D eigenvalue weighted by Gasteiger charge is -2.09. The first-order chi connectivity index (χ1) is 12.2. The highest BCUT2D eigenvalue weighted by molar-refractivity contribution is 5.91. The van der Waals surface area contributed by atoms with Crippen molar-refractivity contribution >= 4 is 22.7 Å². The zero-order chi connectivity index (χ0) is 17.2. The summed E-state index contributed by atoms with van der Waals surface area (Å²) in [4.78, 5) is 13.6. The molecule has 4 rings (SSSR count). The molecule has 2 aromatic carbocycles. The van der Waals surface area contributed by atoms with E-state index in [0.717, 1.165) is 22.0 Å². The van der Waals surface area contributed by atoms with Crippen LogP contribution in [0.3, 0.4) is 0 Å². The van der Waals surface area contributed by atoms with Gasteiger partial charge in [0.15, 0.2) is 5.82 Å². The van der Waals surface area contributed by atoms with Crippen LogP contribution in [-0.2, 0) is 0 Å². The van der Waals surface area contributed by atoms with Gasteiger partial charge in [-0.1, -0.05) is 18.1 Å². The fraction of sp³-hybridized carbons (Fsp3) is 0.0526. The number of anilines is 2. The van der Waals surface area contributed by atoms with Crippen LogP contribution in [0.1, 0.15) is 11.4 Å². The summed E-state index contributed by atoms with van der Waals surface area (Å²) in [6.07, 6.45) is 5.42. The molecule has 2 aromatic heterocycles. The van der Waals surface area contributed by atoms with E-state index in [4.69, 9.17) is 6.42 Å². The minimum atomic E-state index is 0.537. The minimum absolute atomic E-state index is 0.537. The van der Waals surface area contributed by atoms with Crippen molar-refractivity contribution in [1.29, 1.82) is 0 Å². The van der Waals surface area contributed by atoms with Crippen LogP contribution in [0.25, 0.3) is 22.3 Å². The van der Waals surface area contributed by atoms with Gasteiger partial charge in [0.25, 0.3) is 0 Å². The van der Waals surface area contributed by atoms with Crippen molar-refractivity contribution in [2.75, 3.05) is 5.32 Å². The maximum Gasteiger partial charge on any atom is 0.224 e. The van der Waals surface area contributed by atoms with Crippen molar-refractivity contribution in [3.05, 3.63) is 59.9 Å². The molecule has 0 saturated carbocycles. The van der Waals surface area contributed by atoms with E-state index in [1.165, 1.54) is 0 Å². The third-order valence-corrected chi connectivity index (χ3v) is 3.75. The van der Waals surface area contributed by atoms with Crippen LogP contribution in [0.5, 0.6) is 0 Å². The van der Waals surface area contributed by atoms with Gasteiger partial charge in [0.05, 0.1) is 5.52 Å². The number of H-pyrrole nitrogens is 1. The summed E-state index contributed by atoms with van der Waals surface area (Å²) in [5, 5.41) is 11.0. The number of hydrogen-bond donors (Lipinski definition) is 2. The number of benzene rings is 2. The molecule has 25 heavy (non-hydrogen) atoms. The lowest BCUT2D eigenvalue weighted by atomic mass is 10.1. The smallest absolute Gasteiger partial charge is 0.224 e. The molecular weight excluding hydrogens is 312 g/mol. The number of nitrogens with zero attached hydrogens (tertiary/aromatic N) is 4. The molecule has 0 aliphatic carbocycles. The Bertz CT molecular complexity index is 1090. The van der Waals surface area contributed by atoms with Crippen molar-refractivity contribution in [3.8, 4) is 23.7 Å². The number of rotatable bonds is 3. The van der Waals surface area contributed by atoms with Gasteiger partial charge in [0.2, 0.25) is 5.95 Å². The van der Waals surface area contributed by atoms with Crippen LogP contribution in [0, 0.1) is 19.3 Å². The molecule has 0 amide bonds. The van der Waals surface area contributed by atoms with E-state index >= 15 is 0 Å². The molecule has 0 unspecified atom stereocenters. The summed E-state index contributed by atoms with van der Waals surface area (Å²) in [5.74, 6) is 5.08. The van der Waals surface area contributed by atoms with Gasteiger partial charge < -0.3 is 5.32 Å². The van der Waals surface area contributed by atoms with E-state index in [1.54, 1.807) is 0 Å². The predicted octanol–water partition coefficient (Wildman–Crippen LogP) is 3.45. The minimum Gasteiger partial charge on any atom is -0.309 e. The summed E-state index contributed by atoms with van der Waals surface area (Å²) in [6.45, 7) is 1.82. The normalized spacial score (nSPS) is 10.6. The lowest BCUT2D eigenvalue weighted by Crippen LogP contribution is -2.00. The molecule has 0 spiro atoms. The Morgan fingerprint density at radius 3 is 2.52 bits per heavy atom. The highest BCUT2D eigenvalue weighted by atomic mass is 15.3. The second-order valence-corrected chi connectivity index (χ2v) is 5.49.